The van der Waals surface area contributed by atoms with Crippen LogP contribution in [0.15, 0.2) is 66.0 Å². The van der Waals surface area contributed by atoms with Crippen molar-refractivity contribution >= 4 is 16.7 Å². The number of anilines is 1. The van der Waals surface area contributed by atoms with Gasteiger partial charge < -0.3 is 4.90 Å². The van der Waals surface area contributed by atoms with E-state index in [2.05, 4.69) is 29.9 Å². The van der Waals surface area contributed by atoms with Gasteiger partial charge in [-0.25, -0.2) is 19.0 Å². The molecule has 0 unspecified atom stereocenters. The number of hydrogen-bond donors (Lipinski definition) is 0. The molecule has 1 saturated heterocycles. The van der Waals surface area contributed by atoms with Crippen molar-refractivity contribution in [2.24, 2.45) is 0 Å². The Labute approximate surface area is 184 Å². The molecule has 0 atom stereocenters. The van der Waals surface area contributed by atoms with Gasteiger partial charge in [-0.2, -0.15) is 5.10 Å². The third-order valence-corrected chi connectivity index (χ3v) is 5.70. The first-order valence-electron chi connectivity index (χ1n) is 10.5. The number of benzene rings is 1. The molecule has 0 aliphatic carbocycles. The van der Waals surface area contributed by atoms with Crippen LogP contribution >= 0.6 is 0 Å². The molecular formula is C23H22FN7O. The highest BCUT2D eigenvalue weighted by Gasteiger charge is 2.20. The first-order chi connectivity index (χ1) is 15.7. The van der Waals surface area contributed by atoms with Crippen LogP contribution in [0.5, 0.6) is 0 Å². The molecule has 1 aromatic carbocycles. The predicted octanol–water partition coefficient (Wildman–Crippen LogP) is 2.21. The highest BCUT2D eigenvalue weighted by molar-refractivity contribution is 5.89. The molecule has 0 N–H and O–H groups in total. The van der Waals surface area contributed by atoms with Gasteiger partial charge in [0.2, 0.25) is 0 Å². The average molecular weight is 431 g/mol. The Bertz CT molecular complexity index is 1290. The van der Waals surface area contributed by atoms with Crippen molar-refractivity contribution in [1.29, 1.82) is 0 Å². The van der Waals surface area contributed by atoms with Gasteiger partial charge in [0.05, 0.1) is 17.8 Å². The Morgan fingerprint density at radius 2 is 1.84 bits per heavy atom. The molecule has 3 aromatic heterocycles. The molecule has 0 bridgehead atoms. The van der Waals surface area contributed by atoms with Crippen LogP contribution in [0.3, 0.4) is 0 Å². The summed E-state index contributed by atoms with van der Waals surface area (Å²) < 4.78 is 15.0. The van der Waals surface area contributed by atoms with Gasteiger partial charge in [0.15, 0.2) is 0 Å². The maximum absolute atomic E-state index is 13.5. The van der Waals surface area contributed by atoms with Crippen LogP contribution in [0.2, 0.25) is 0 Å². The van der Waals surface area contributed by atoms with E-state index in [1.165, 1.54) is 23.1 Å². The van der Waals surface area contributed by atoms with Gasteiger partial charge in [0.1, 0.15) is 18.0 Å². The third-order valence-electron chi connectivity index (χ3n) is 5.70. The standard InChI is InChI=1S/C23H22FN7O/c24-18-3-4-19-21(14-18)26-16-27-23(19)30-11-8-29(9-12-30)10-13-31-22(32)6-5-20(28-31)17-2-1-7-25-15-17/h1-7,14-16H,8-13H2. The van der Waals surface area contributed by atoms with Gasteiger partial charge >= 0.3 is 0 Å². The summed E-state index contributed by atoms with van der Waals surface area (Å²) in [5.41, 5.74) is 2.11. The average Bonchev–Trinajstić information content (AvgIpc) is 2.84. The van der Waals surface area contributed by atoms with E-state index in [9.17, 15) is 9.18 Å². The molecule has 0 radical (unpaired) electrons. The highest BCUT2D eigenvalue weighted by atomic mass is 19.1. The number of hydrogen-bond acceptors (Lipinski definition) is 7. The molecule has 0 spiro atoms. The van der Waals surface area contributed by atoms with E-state index in [4.69, 9.17) is 0 Å². The van der Waals surface area contributed by atoms with Gasteiger partial charge in [0.25, 0.3) is 5.56 Å². The number of nitrogens with zero attached hydrogens (tertiary/aromatic N) is 7. The number of rotatable bonds is 5. The number of fused-ring (bicyclic) bond motifs is 1. The summed E-state index contributed by atoms with van der Waals surface area (Å²) in [6, 6.07) is 11.7. The fourth-order valence-corrected chi connectivity index (χ4v) is 3.96. The van der Waals surface area contributed by atoms with Gasteiger partial charge in [-0.15, -0.1) is 0 Å². The van der Waals surface area contributed by atoms with E-state index >= 15 is 0 Å². The lowest BCUT2D eigenvalue weighted by Crippen LogP contribution is -2.48. The first-order valence-corrected chi connectivity index (χ1v) is 10.5. The summed E-state index contributed by atoms with van der Waals surface area (Å²) in [7, 11) is 0. The van der Waals surface area contributed by atoms with E-state index in [1.54, 1.807) is 30.6 Å². The van der Waals surface area contributed by atoms with Crippen molar-refractivity contribution in [3.05, 3.63) is 77.4 Å². The fourth-order valence-electron chi connectivity index (χ4n) is 3.96. The van der Waals surface area contributed by atoms with Crippen LogP contribution < -0.4 is 10.5 Å². The van der Waals surface area contributed by atoms with Crippen LogP contribution in [0.4, 0.5) is 10.2 Å². The summed E-state index contributed by atoms with van der Waals surface area (Å²) in [5.74, 6) is 0.528. The minimum Gasteiger partial charge on any atom is -0.353 e. The van der Waals surface area contributed by atoms with Gasteiger partial charge in [-0.1, -0.05) is 0 Å². The molecule has 5 rings (SSSR count). The second kappa shape index (κ2) is 8.80. The Hall–Kier alpha value is -3.72. The molecule has 1 aliphatic heterocycles. The molecule has 1 aliphatic rings. The number of pyridine rings is 1. The molecule has 4 aromatic rings. The molecule has 8 nitrogen and oxygen atoms in total. The lowest BCUT2D eigenvalue weighted by molar-refractivity contribution is 0.242. The van der Waals surface area contributed by atoms with Crippen molar-refractivity contribution in [3.63, 3.8) is 0 Å². The normalized spacial score (nSPS) is 14.7. The third kappa shape index (κ3) is 4.19. The Balaban J connectivity index is 1.23. The second-order valence-electron chi connectivity index (χ2n) is 7.71. The van der Waals surface area contributed by atoms with E-state index in [0.717, 1.165) is 55.2 Å². The maximum atomic E-state index is 13.5. The zero-order chi connectivity index (χ0) is 21.9. The maximum Gasteiger partial charge on any atom is 0.266 e. The summed E-state index contributed by atoms with van der Waals surface area (Å²) in [6.45, 7) is 4.51. The molecule has 0 amide bonds. The van der Waals surface area contributed by atoms with Crippen LogP contribution in [0, 0.1) is 5.82 Å². The van der Waals surface area contributed by atoms with E-state index in [0.29, 0.717) is 12.1 Å². The van der Waals surface area contributed by atoms with Crippen molar-refractivity contribution < 1.29 is 4.39 Å². The molecule has 9 heteroatoms. The van der Waals surface area contributed by atoms with Crippen molar-refractivity contribution in [3.8, 4) is 11.3 Å². The van der Waals surface area contributed by atoms with Crippen LogP contribution in [0.1, 0.15) is 0 Å². The zero-order valence-corrected chi connectivity index (χ0v) is 17.4. The quantitative estimate of drug-likeness (QED) is 0.479. The summed E-state index contributed by atoms with van der Waals surface area (Å²) in [5, 5.41) is 5.36. The molecule has 4 heterocycles. The summed E-state index contributed by atoms with van der Waals surface area (Å²) in [6.07, 6.45) is 4.93. The number of piperazine rings is 1. The van der Waals surface area contributed by atoms with Crippen LogP contribution in [-0.2, 0) is 6.54 Å². The topological polar surface area (TPSA) is 80.0 Å². The smallest absolute Gasteiger partial charge is 0.266 e. The van der Waals surface area contributed by atoms with Gasteiger partial charge in [-0.05, 0) is 30.3 Å². The van der Waals surface area contributed by atoms with Crippen LogP contribution in [0.25, 0.3) is 22.2 Å². The van der Waals surface area contributed by atoms with E-state index < -0.39 is 0 Å². The Morgan fingerprint density at radius 1 is 0.969 bits per heavy atom. The van der Waals surface area contributed by atoms with E-state index in [-0.39, 0.29) is 11.4 Å². The first kappa shape index (κ1) is 20.2. The lowest BCUT2D eigenvalue weighted by atomic mass is 10.2. The fraction of sp³-hybridized carbons (Fsp3) is 0.261. The molecule has 1 fully saturated rings. The van der Waals surface area contributed by atoms with Gasteiger partial charge in [-0.3, -0.25) is 14.7 Å². The van der Waals surface area contributed by atoms with Crippen molar-refractivity contribution in [2.75, 3.05) is 37.6 Å². The monoisotopic (exact) mass is 431 g/mol. The van der Waals surface area contributed by atoms with Crippen LogP contribution in [-0.4, -0.2) is 62.4 Å². The van der Waals surface area contributed by atoms with Gasteiger partial charge in [0, 0.05) is 68.2 Å². The largest absolute Gasteiger partial charge is 0.353 e. The number of halogens is 1. The minimum absolute atomic E-state index is 0.115. The summed E-state index contributed by atoms with van der Waals surface area (Å²) in [4.78, 5) is 29.5. The Morgan fingerprint density at radius 3 is 2.66 bits per heavy atom. The van der Waals surface area contributed by atoms with Crippen molar-refractivity contribution in [1.82, 2.24) is 29.6 Å². The highest BCUT2D eigenvalue weighted by Crippen LogP contribution is 2.24. The summed E-state index contributed by atoms with van der Waals surface area (Å²) >= 11 is 0. The predicted molar refractivity (Wildman–Crippen MR) is 120 cm³/mol. The lowest BCUT2D eigenvalue weighted by Gasteiger charge is -2.35. The molecule has 162 valence electrons. The molecule has 0 saturated carbocycles. The zero-order valence-electron chi connectivity index (χ0n) is 17.4. The number of aromatic nitrogens is 5. The van der Waals surface area contributed by atoms with Crippen molar-refractivity contribution in [2.45, 2.75) is 6.54 Å². The van der Waals surface area contributed by atoms with E-state index in [1.807, 2.05) is 12.1 Å². The SMILES string of the molecule is O=c1ccc(-c2cccnc2)nn1CCN1CCN(c2ncnc3cc(F)ccc23)CC1. The molecule has 32 heavy (non-hydrogen) atoms. The Kier molecular flexibility index (Phi) is 5.55. The molecular weight excluding hydrogens is 409 g/mol. The second-order valence-corrected chi connectivity index (χ2v) is 7.71. The minimum atomic E-state index is -0.302.